The van der Waals surface area contributed by atoms with Crippen LogP contribution in [0.25, 0.3) is 0 Å². The number of benzene rings is 3. The van der Waals surface area contributed by atoms with Crippen molar-refractivity contribution in [2.75, 3.05) is 45.2 Å². The molecular formula is C36H49N3O7S. The summed E-state index contributed by atoms with van der Waals surface area (Å²) < 4.78 is 46.9. The van der Waals surface area contributed by atoms with Crippen LogP contribution in [0.15, 0.2) is 77.7 Å². The molecule has 1 amide bonds. The zero-order chi connectivity index (χ0) is 34.0. The van der Waals surface area contributed by atoms with E-state index in [0.717, 1.165) is 37.1 Å². The molecule has 0 saturated heterocycles. The fraction of sp³-hybridized carbons (Fsp3) is 0.472. The lowest BCUT2D eigenvalue weighted by molar-refractivity contribution is -0.0177. The second-order valence-corrected chi connectivity index (χ2v) is 14.2. The molecule has 1 heterocycles. The Hall–Kier alpha value is -3.64. The van der Waals surface area contributed by atoms with Gasteiger partial charge in [-0.15, -0.1) is 0 Å². The Morgan fingerprint density at radius 2 is 1.79 bits per heavy atom. The number of hydrogen-bond acceptors (Lipinski definition) is 8. The van der Waals surface area contributed by atoms with Crippen LogP contribution in [0.2, 0.25) is 0 Å². The molecule has 0 bridgehead atoms. The lowest BCUT2D eigenvalue weighted by Crippen LogP contribution is -2.47. The first-order valence-electron chi connectivity index (χ1n) is 16.2. The minimum atomic E-state index is -3.89. The van der Waals surface area contributed by atoms with Gasteiger partial charge in [0.1, 0.15) is 11.5 Å². The number of aliphatic hydroxyl groups is 1. The van der Waals surface area contributed by atoms with Gasteiger partial charge in [-0.3, -0.25) is 14.4 Å². The predicted molar refractivity (Wildman–Crippen MR) is 183 cm³/mol. The number of carbonyl (C=O) groups excluding carboxylic acids is 1. The number of anilines is 1. The number of amides is 1. The molecule has 256 valence electrons. The number of rotatable bonds is 10. The van der Waals surface area contributed by atoms with Gasteiger partial charge in [0.05, 0.1) is 42.4 Å². The van der Waals surface area contributed by atoms with Crippen molar-refractivity contribution in [2.45, 2.75) is 69.7 Å². The van der Waals surface area contributed by atoms with Gasteiger partial charge >= 0.3 is 0 Å². The molecule has 4 atom stereocenters. The van der Waals surface area contributed by atoms with E-state index in [1.807, 2.05) is 31.2 Å². The summed E-state index contributed by atoms with van der Waals surface area (Å²) in [5.41, 5.74) is 1.62. The topological polar surface area (TPSA) is 118 Å². The Morgan fingerprint density at radius 3 is 2.47 bits per heavy atom. The highest BCUT2D eigenvalue weighted by atomic mass is 32.2. The molecule has 0 saturated carbocycles. The van der Waals surface area contributed by atoms with Gasteiger partial charge in [-0.05, 0) is 88.2 Å². The lowest BCUT2D eigenvalue weighted by Gasteiger charge is -2.36. The Balaban J connectivity index is 1.62. The third-order valence-electron chi connectivity index (χ3n) is 8.46. The van der Waals surface area contributed by atoms with Gasteiger partial charge in [0.25, 0.3) is 15.9 Å². The standard InChI is InChI=1S/C36H49N3O7S/c1-26-22-39(27(2)25-40)36(41)33-21-30(37-47(42,43)32-12-7-6-8-13-32)16-19-34(33)46-28(3)11-9-10-20-45-35(26)24-38(4)23-29-14-17-31(44-5)18-15-29/h6-8,12-19,21,26-28,35,37,40H,9-11,20,22-25H2,1-5H3/t26-,27-,28+,35-/m0/s1. The largest absolute Gasteiger partial charge is 0.497 e. The third-order valence-corrected chi connectivity index (χ3v) is 9.86. The number of methoxy groups -OCH3 is 1. The highest BCUT2D eigenvalue weighted by Crippen LogP contribution is 2.29. The Morgan fingerprint density at radius 1 is 1.06 bits per heavy atom. The minimum absolute atomic E-state index is 0.0859. The number of aliphatic hydroxyl groups excluding tert-OH is 1. The van der Waals surface area contributed by atoms with E-state index >= 15 is 0 Å². The zero-order valence-electron chi connectivity index (χ0n) is 28.1. The van der Waals surface area contributed by atoms with Gasteiger partial charge in [-0.2, -0.15) is 0 Å². The number of ether oxygens (including phenoxy) is 3. The van der Waals surface area contributed by atoms with E-state index < -0.39 is 16.1 Å². The third kappa shape index (κ3) is 10.2. The van der Waals surface area contributed by atoms with Gasteiger partial charge in [0, 0.05) is 37.8 Å². The molecule has 0 aliphatic carbocycles. The molecule has 0 unspecified atom stereocenters. The van der Waals surface area contributed by atoms with E-state index in [2.05, 4.69) is 23.6 Å². The van der Waals surface area contributed by atoms with Gasteiger partial charge in [-0.1, -0.05) is 37.3 Å². The van der Waals surface area contributed by atoms with Crippen LogP contribution in [0.5, 0.6) is 11.5 Å². The molecule has 0 spiro atoms. The summed E-state index contributed by atoms with van der Waals surface area (Å²) in [6, 6.07) is 20.3. The lowest BCUT2D eigenvalue weighted by atomic mass is 10.0. The van der Waals surface area contributed by atoms with Crippen molar-refractivity contribution in [1.29, 1.82) is 0 Å². The monoisotopic (exact) mass is 667 g/mol. The van der Waals surface area contributed by atoms with Gasteiger partial charge in [0.2, 0.25) is 0 Å². The van der Waals surface area contributed by atoms with E-state index in [0.29, 0.717) is 25.4 Å². The Kier molecular flexibility index (Phi) is 13.1. The van der Waals surface area contributed by atoms with Crippen LogP contribution in [0.3, 0.4) is 0 Å². The number of carbonyl (C=O) groups is 1. The summed E-state index contributed by atoms with van der Waals surface area (Å²) in [4.78, 5) is 18.3. The minimum Gasteiger partial charge on any atom is -0.497 e. The number of likely N-dealkylation sites (N-methyl/N-ethyl adjacent to an activating group) is 1. The highest BCUT2D eigenvalue weighted by Gasteiger charge is 2.30. The molecular weight excluding hydrogens is 618 g/mol. The summed E-state index contributed by atoms with van der Waals surface area (Å²) in [6.45, 7) is 7.84. The van der Waals surface area contributed by atoms with Crippen molar-refractivity contribution in [3.05, 3.63) is 83.9 Å². The van der Waals surface area contributed by atoms with Gasteiger partial charge in [-0.25, -0.2) is 8.42 Å². The molecule has 0 fully saturated rings. The van der Waals surface area contributed by atoms with Crippen LogP contribution >= 0.6 is 0 Å². The fourth-order valence-corrected chi connectivity index (χ4v) is 6.75. The van der Waals surface area contributed by atoms with E-state index in [4.69, 9.17) is 14.2 Å². The van der Waals surface area contributed by atoms with Crippen molar-refractivity contribution < 1.29 is 32.5 Å². The number of nitrogens with one attached hydrogen (secondary N) is 1. The average Bonchev–Trinajstić information content (AvgIpc) is 3.06. The fourth-order valence-electron chi connectivity index (χ4n) is 5.68. The average molecular weight is 668 g/mol. The predicted octanol–water partition coefficient (Wildman–Crippen LogP) is 5.42. The normalized spacial score (nSPS) is 20.5. The number of hydrogen-bond donors (Lipinski definition) is 2. The van der Waals surface area contributed by atoms with E-state index in [1.54, 1.807) is 49.3 Å². The number of sulfonamides is 1. The molecule has 1 aliphatic heterocycles. The number of fused-ring (bicyclic) bond motifs is 1. The molecule has 10 nitrogen and oxygen atoms in total. The highest BCUT2D eigenvalue weighted by molar-refractivity contribution is 7.92. The van der Waals surface area contributed by atoms with Crippen LogP contribution < -0.4 is 14.2 Å². The molecule has 11 heteroatoms. The van der Waals surface area contributed by atoms with E-state index in [-0.39, 0.29) is 46.8 Å². The maximum Gasteiger partial charge on any atom is 0.261 e. The summed E-state index contributed by atoms with van der Waals surface area (Å²) in [5, 5.41) is 10.2. The van der Waals surface area contributed by atoms with Crippen LogP contribution in [-0.4, -0.2) is 87.9 Å². The van der Waals surface area contributed by atoms with Crippen molar-refractivity contribution in [3.63, 3.8) is 0 Å². The first-order valence-corrected chi connectivity index (χ1v) is 17.7. The van der Waals surface area contributed by atoms with Crippen molar-refractivity contribution >= 4 is 21.6 Å². The van der Waals surface area contributed by atoms with E-state index in [9.17, 15) is 18.3 Å². The maximum absolute atomic E-state index is 14.4. The SMILES string of the molecule is COc1ccc(CN(C)C[C@@H]2OCCCC[C@@H](C)Oc3ccc(NS(=O)(=O)c4ccccc4)cc3C(=O)N([C@@H](C)CO)C[C@@H]2C)cc1. The molecule has 47 heavy (non-hydrogen) atoms. The molecule has 2 N–H and O–H groups in total. The van der Waals surface area contributed by atoms with Gasteiger partial charge < -0.3 is 24.2 Å². The number of nitrogens with zero attached hydrogens (tertiary/aromatic N) is 2. The first kappa shape index (κ1) is 36.2. The van der Waals surface area contributed by atoms with Crippen LogP contribution in [-0.2, 0) is 21.3 Å². The maximum atomic E-state index is 14.4. The molecule has 3 aromatic rings. The molecule has 0 radical (unpaired) electrons. The van der Waals surface area contributed by atoms with Crippen LogP contribution in [0.1, 0.15) is 56.0 Å². The van der Waals surface area contributed by atoms with Crippen LogP contribution in [0.4, 0.5) is 5.69 Å². The summed E-state index contributed by atoms with van der Waals surface area (Å²) in [7, 11) is -0.185. The Labute approximate surface area is 279 Å². The summed E-state index contributed by atoms with van der Waals surface area (Å²) >= 11 is 0. The van der Waals surface area contributed by atoms with Crippen LogP contribution in [0, 0.1) is 5.92 Å². The molecule has 4 rings (SSSR count). The van der Waals surface area contributed by atoms with E-state index in [1.165, 1.54) is 18.2 Å². The molecule has 0 aromatic heterocycles. The second kappa shape index (κ2) is 17.0. The molecule has 1 aliphatic rings. The second-order valence-electron chi connectivity index (χ2n) is 12.5. The quantitative estimate of drug-likeness (QED) is 0.294. The summed E-state index contributed by atoms with van der Waals surface area (Å²) in [5.74, 6) is 0.738. The summed E-state index contributed by atoms with van der Waals surface area (Å²) in [6.07, 6.45) is 2.14. The smallest absolute Gasteiger partial charge is 0.261 e. The van der Waals surface area contributed by atoms with Gasteiger partial charge in [0.15, 0.2) is 0 Å². The Bertz CT molecular complexity index is 1540. The van der Waals surface area contributed by atoms with Crippen molar-refractivity contribution in [3.8, 4) is 11.5 Å². The molecule has 3 aromatic carbocycles. The van der Waals surface area contributed by atoms with Crippen molar-refractivity contribution in [2.24, 2.45) is 5.92 Å². The first-order chi connectivity index (χ1) is 22.5. The zero-order valence-corrected chi connectivity index (χ0v) is 28.9. The van der Waals surface area contributed by atoms with Crippen molar-refractivity contribution in [1.82, 2.24) is 9.80 Å².